The Morgan fingerprint density at radius 1 is 1.50 bits per heavy atom. The highest BCUT2D eigenvalue weighted by atomic mass is 16.5. The molecule has 9 nitrogen and oxygen atoms in total. The van der Waals surface area contributed by atoms with E-state index in [0.717, 1.165) is 4.68 Å². The summed E-state index contributed by atoms with van der Waals surface area (Å²) in [6.07, 6.45) is -0.204. The number of aliphatic imine (C=N–C) groups is 1. The smallest absolute Gasteiger partial charge is 0.350 e. The summed E-state index contributed by atoms with van der Waals surface area (Å²) in [4.78, 5) is 26.5. The topological polar surface area (TPSA) is 127 Å². The number of hydrogen-bond donors (Lipinski definition) is 2. The zero-order valence-electron chi connectivity index (χ0n) is 9.62. The summed E-state index contributed by atoms with van der Waals surface area (Å²) >= 11 is 0. The molecule has 1 atom stereocenters. The molecule has 1 aliphatic rings. The van der Waals surface area contributed by atoms with Crippen LogP contribution in [0.1, 0.15) is 13.3 Å². The van der Waals surface area contributed by atoms with E-state index in [0.29, 0.717) is 0 Å². The number of hydrogen-bond acceptors (Lipinski definition) is 7. The third kappa shape index (κ3) is 1.51. The largest absolute Gasteiger partial charge is 0.490 e. The number of methoxy groups -OCH3 is 1. The Morgan fingerprint density at radius 2 is 2.17 bits per heavy atom. The molecule has 2 heterocycles. The van der Waals surface area contributed by atoms with Gasteiger partial charge < -0.3 is 14.9 Å². The van der Waals surface area contributed by atoms with Gasteiger partial charge in [0.25, 0.3) is 5.88 Å². The van der Waals surface area contributed by atoms with Gasteiger partial charge in [0.2, 0.25) is 5.82 Å². The SMILES string of the molecule is COC(=O)C1(C)CC(C(=O)O)=Nc2c(O)nnn21. The summed E-state index contributed by atoms with van der Waals surface area (Å²) in [5.41, 5.74) is -1.67. The summed E-state index contributed by atoms with van der Waals surface area (Å²) in [7, 11) is 1.18. The predicted molar refractivity (Wildman–Crippen MR) is 56.7 cm³/mol. The van der Waals surface area contributed by atoms with Gasteiger partial charge in [0, 0.05) is 6.42 Å². The summed E-state index contributed by atoms with van der Waals surface area (Å²) < 4.78 is 5.69. The van der Waals surface area contributed by atoms with E-state index in [9.17, 15) is 14.7 Å². The van der Waals surface area contributed by atoms with Crippen LogP contribution in [-0.2, 0) is 19.9 Å². The molecule has 96 valence electrons. The molecule has 1 aliphatic heterocycles. The lowest BCUT2D eigenvalue weighted by molar-refractivity contribution is -0.150. The fraction of sp³-hybridized carbons (Fsp3) is 0.444. The second kappa shape index (κ2) is 3.79. The predicted octanol–water partition coefficient (Wildman–Crippen LogP) is -0.567. The van der Waals surface area contributed by atoms with Gasteiger partial charge in [-0.15, -0.1) is 0 Å². The minimum atomic E-state index is -1.40. The molecule has 2 N–H and O–H groups in total. The lowest BCUT2D eigenvalue weighted by Crippen LogP contribution is -2.45. The third-order valence-corrected chi connectivity index (χ3v) is 2.72. The Kier molecular flexibility index (Phi) is 2.53. The summed E-state index contributed by atoms with van der Waals surface area (Å²) in [5, 5.41) is 25.4. The number of carboxylic acid groups (broad SMARTS) is 1. The highest BCUT2D eigenvalue weighted by Crippen LogP contribution is 2.36. The molecule has 18 heavy (non-hydrogen) atoms. The van der Waals surface area contributed by atoms with Crippen molar-refractivity contribution in [2.24, 2.45) is 4.99 Å². The molecule has 1 aromatic heterocycles. The van der Waals surface area contributed by atoms with Crippen molar-refractivity contribution >= 4 is 23.5 Å². The second-order valence-electron chi connectivity index (χ2n) is 3.95. The van der Waals surface area contributed by atoms with E-state index in [2.05, 4.69) is 20.0 Å². The maximum atomic E-state index is 11.8. The molecule has 0 aliphatic carbocycles. The van der Waals surface area contributed by atoms with Gasteiger partial charge in [-0.25, -0.2) is 19.3 Å². The van der Waals surface area contributed by atoms with Gasteiger partial charge in [-0.3, -0.25) is 0 Å². The number of nitrogens with zero attached hydrogens (tertiary/aromatic N) is 4. The standard InChI is InChI=1S/C9H10N4O5/c1-9(8(17)18-2)3-4(7(15)16)10-5-6(14)11-12-13(5)9/h14H,3H2,1-2H3,(H,15,16). The van der Waals surface area contributed by atoms with E-state index in [-0.39, 0.29) is 18.0 Å². The van der Waals surface area contributed by atoms with Crippen LogP contribution in [0, 0.1) is 0 Å². The fourth-order valence-corrected chi connectivity index (χ4v) is 1.77. The van der Waals surface area contributed by atoms with Gasteiger partial charge in [-0.1, -0.05) is 10.3 Å². The molecule has 0 spiro atoms. The van der Waals surface area contributed by atoms with Crippen LogP contribution in [0.4, 0.5) is 5.82 Å². The molecule has 0 bridgehead atoms. The molecular formula is C9H10N4O5. The first-order valence-corrected chi connectivity index (χ1v) is 4.94. The second-order valence-corrected chi connectivity index (χ2v) is 3.95. The molecule has 0 fully saturated rings. The van der Waals surface area contributed by atoms with E-state index in [1.54, 1.807) is 0 Å². The molecule has 9 heteroatoms. The number of carbonyl (C=O) groups excluding carboxylic acids is 1. The van der Waals surface area contributed by atoms with E-state index in [1.165, 1.54) is 14.0 Å². The number of aromatic nitrogens is 3. The Labute approximate surface area is 101 Å². The van der Waals surface area contributed by atoms with Crippen molar-refractivity contribution in [1.29, 1.82) is 0 Å². The van der Waals surface area contributed by atoms with E-state index >= 15 is 0 Å². The van der Waals surface area contributed by atoms with Gasteiger partial charge in [0.15, 0.2) is 5.54 Å². The Hall–Kier alpha value is -2.45. The first-order chi connectivity index (χ1) is 8.40. The van der Waals surface area contributed by atoms with Crippen molar-refractivity contribution in [1.82, 2.24) is 15.0 Å². The van der Waals surface area contributed by atoms with Gasteiger partial charge in [-0.2, -0.15) is 0 Å². The van der Waals surface area contributed by atoms with Crippen LogP contribution in [0.25, 0.3) is 0 Å². The summed E-state index contributed by atoms with van der Waals surface area (Å²) in [6, 6.07) is 0. The number of aliphatic carboxylic acids is 1. The highest BCUT2D eigenvalue weighted by Gasteiger charge is 2.45. The average Bonchev–Trinajstić information content (AvgIpc) is 2.71. The minimum absolute atomic E-state index is 0.174. The number of esters is 1. The highest BCUT2D eigenvalue weighted by molar-refractivity contribution is 6.37. The number of carbonyl (C=O) groups is 2. The van der Waals surface area contributed by atoms with Crippen molar-refractivity contribution in [2.75, 3.05) is 7.11 Å². The van der Waals surface area contributed by atoms with Gasteiger partial charge in [0.05, 0.1) is 7.11 Å². The van der Waals surface area contributed by atoms with Crippen LogP contribution in [0.15, 0.2) is 4.99 Å². The van der Waals surface area contributed by atoms with Crippen molar-refractivity contribution in [2.45, 2.75) is 18.9 Å². The number of fused-ring (bicyclic) bond motifs is 1. The van der Waals surface area contributed by atoms with E-state index in [1.807, 2.05) is 0 Å². The lowest BCUT2D eigenvalue weighted by atomic mass is 9.93. The molecule has 0 aromatic carbocycles. The fourth-order valence-electron chi connectivity index (χ4n) is 1.77. The van der Waals surface area contributed by atoms with Crippen LogP contribution >= 0.6 is 0 Å². The number of aromatic hydroxyl groups is 1. The van der Waals surface area contributed by atoms with Crippen molar-refractivity contribution in [3.63, 3.8) is 0 Å². The van der Waals surface area contributed by atoms with Crippen LogP contribution in [0.5, 0.6) is 5.88 Å². The normalized spacial score (nSPS) is 22.0. The Bertz CT molecular complexity index is 563. The Morgan fingerprint density at radius 3 is 2.72 bits per heavy atom. The monoisotopic (exact) mass is 254 g/mol. The van der Waals surface area contributed by atoms with Crippen LogP contribution in [0.3, 0.4) is 0 Å². The van der Waals surface area contributed by atoms with Crippen LogP contribution in [-0.4, -0.2) is 50.0 Å². The number of rotatable bonds is 2. The molecule has 0 saturated carbocycles. The van der Waals surface area contributed by atoms with Crippen LogP contribution < -0.4 is 0 Å². The minimum Gasteiger partial charge on any atom is -0.490 e. The maximum absolute atomic E-state index is 11.8. The third-order valence-electron chi connectivity index (χ3n) is 2.72. The molecule has 2 rings (SSSR count). The Balaban J connectivity index is 2.63. The van der Waals surface area contributed by atoms with Crippen LogP contribution in [0.2, 0.25) is 0 Å². The zero-order chi connectivity index (χ0) is 13.5. The van der Waals surface area contributed by atoms with Gasteiger partial charge in [-0.05, 0) is 6.92 Å². The van der Waals surface area contributed by atoms with E-state index < -0.39 is 23.4 Å². The quantitative estimate of drug-likeness (QED) is 0.676. The first-order valence-electron chi connectivity index (χ1n) is 4.94. The molecule has 0 saturated heterocycles. The van der Waals surface area contributed by atoms with Gasteiger partial charge in [0.1, 0.15) is 5.71 Å². The molecule has 1 aromatic rings. The lowest BCUT2D eigenvalue weighted by Gasteiger charge is -2.29. The first kappa shape index (κ1) is 12.0. The van der Waals surface area contributed by atoms with Crippen molar-refractivity contribution in [3.8, 4) is 5.88 Å². The summed E-state index contributed by atoms with van der Waals surface area (Å²) in [6.45, 7) is 1.44. The average molecular weight is 254 g/mol. The zero-order valence-corrected chi connectivity index (χ0v) is 9.62. The summed E-state index contributed by atoms with van der Waals surface area (Å²) in [5.74, 6) is -2.69. The molecule has 0 amide bonds. The molecular weight excluding hydrogens is 244 g/mol. The molecule has 1 unspecified atom stereocenters. The van der Waals surface area contributed by atoms with Gasteiger partial charge >= 0.3 is 11.9 Å². The maximum Gasteiger partial charge on any atom is 0.350 e. The number of ether oxygens (including phenoxy) is 1. The van der Waals surface area contributed by atoms with Crippen molar-refractivity contribution < 1.29 is 24.5 Å². The number of carboxylic acids is 1. The van der Waals surface area contributed by atoms with Crippen molar-refractivity contribution in [3.05, 3.63) is 0 Å². The van der Waals surface area contributed by atoms with E-state index in [4.69, 9.17) is 5.11 Å². The molecule has 0 radical (unpaired) electrons.